The molecule has 0 amide bonds. The number of benzene rings is 2. The molecule has 0 aliphatic carbocycles. The van der Waals surface area contributed by atoms with Gasteiger partial charge >= 0.3 is 5.97 Å². The second kappa shape index (κ2) is 6.95. The summed E-state index contributed by atoms with van der Waals surface area (Å²) in [4.78, 5) is 28.1. The van der Waals surface area contributed by atoms with Gasteiger partial charge in [0.1, 0.15) is 18.9 Å². The molecule has 0 atom stereocenters. The molecule has 1 heterocycles. The van der Waals surface area contributed by atoms with Crippen LogP contribution in [0.25, 0.3) is 11.0 Å². The minimum atomic E-state index is -0.482. The third kappa shape index (κ3) is 3.43. The largest absolute Gasteiger partial charge is 0.497 e. The lowest BCUT2D eigenvalue weighted by Crippen LogP contribution is -2.25. The van der Waals surface area contributed by atoms with Gasteiger partial charge in [-0.25, -0.2) is 4.98 Å². The highest BCUT2D eigenvalue weighted by molar-refractivity contribution is 5.77. The maximum absolute atomic E-state index is 12.1. The number of fused-ring (bicyclic) bond motifs is 1. The van der Waals surface area contributed by atoms with Gasteiger partial charge < -0.3 is 9.47 Å². The molecule has 0 unspecified atom stereocenters. The molecule has 0 spiro atoms. The summed E-state index contributed by atoms with van der Waals surface area (Å²) < 4.78 is 11.7. The first-order valence-corrected chi connectivity index (χ1v) is 7.40. The van der Waals surface area contributed by atoms with Crippen molar-refractivity contribution < 1.29 is 14.3 Å². The molecule has 0 bridgehead atoms. The fourth-order valence-electron chi connectivity index (χ4n) is 2.34. The Kier molecular flexibility index (Phi) is 4.56. The van der Waals surface area contributed by atoms with Gasteiger partial charge in [0.05, 0.1) is 24.3 Å². The first-order chi connectivity index (χ1) is 11.7. The summed E-state index contributed by atoms with van der Waals surface area (Å²) >= 11 is 0. The minimum absolute atomic E-state index is 0.139. The van der Waals surface area contributed by atoms with Gasteiger partial charge in [0.25, 0.3) is 5.56 Å². The van der Waals surface area contributed by atoms with Crippen molar-refractivity contribution in [2.75, 3.05) is 7.11 Å². The Hall–Kier alpha value is -3.15. The van der Waals surface area contributed by atoms with Gasteiger partial charge in [-0.05, 0) is 29.8 Å². The average molecular weight is 324 g/mol. The number of methoxy groups -OCH3 is 1. The monoisotopic (exact) mass is 324 g/mol. The second-order valence-electron chi connectivity index (χ2n) is 5.18. The number of ether oxygens (including phenoxy) is 2. The lowest BCUT2D eigenvalue weighted by Gasteiger charge is -2.10. The molecule has 0 N–H and O–H groups in total. The fourth-order valence-corrected chi connectivity index (χ4v) is 2.34. The molecule has 0 radical (unpaired) electrons. The molecule has 3 aromatic rings. The number of aromatic nitrogens is 2. The third-order valence-corrected chi connectivity index (χ3v) is 3.60. The quantitative estimate of drug-likeness (QED) is 0.673. The lowest BCUT2D eigenvalue weighted by molar-refractivity contribution is -0.145. The zero-order valence-electron chi connectivity index (χ0n) is 13.1. The smallest absolute Gasteiger partial charge is 0.326 e. The van der Waals surface area contributed by atoms with Crippen LogP contribution in [0.3, 0.4) is 0 Å². The van der Waals surface area contributed by atoms with Crippen molar-refractivity contribution in [1.82, 2.24) is 9.55 Å². The van der Waals surface area contributed by atoms with Crippen LogP contribution in [0.4, 0.5) is 0 Å². The second-order valence-corrected chi connectivity index (χ2v) is 5.18. The van der Waals surface area contributed by atoms with E-state index in [0.717, 1.165) is 11.3 Å². The van der Waals surface area contributed by atoms with Crippen LogP contribution in [0.5, 0.6) is 5.75 Å². The molecule has 0 aliphatic rings. The number of esters is 1. The molecule has 0 fully saturated rings. The van der Waals surface area contributed by atoms with Gasteiger partial charge in [0.2, 0.25) is 0 Å². The molecule has 3 rings (SSSR count). The van der Waals surface area contributed by atoms with Crippen LogP contribution >= 0.6 is 0 Å². The molecule has 6 nitrogen and oxygen atoms in total. The van der Waals surface area contributed by atoms with Crippen molar-refractivity contribution in [2.24, 2.45) is 0 Å². The van der Waals surface area contributed by atoms with Gasteiger partial charge in [-0.2, -0.15) is 0 Å². The Balaban J connectivity index is 1.71. The summed E-state index contributed by atoms with van der Waals surface area (Å²) in [6.45, 7) is -0.0153. The first-order valence-electron chi connectivity index (χ1n) is 7.40. The Morgan fingerprint density at radius 2 is 1.88 bits per heavy atom. The summed E-state index contributed by atoms with van der Waals surface area (Å²) in [6.07, 6.45) is 1.21. The molecule has 1 aromatic heterocycles. The molecule has 0 saturated carbocycles. The zero-order valence-corrected chi connectivity index (χ0v) is 13.1. The summed E-state index contributed by atoms with van der Waals surface area (Å²) in [6, 6.07) is 14.4. The highest BCUT2D eigenvalue weighted by Crippen LogP contribution is 2.12. The van der Waals surface area contributed by atoms with Crippen LogP contribution in [0, 0.1) is 0 Å². The number of carbonyl (C=O) groups is 1. The van der Waals surface area contributed by atoms with Crippen molar-refractivity contribution >= 4 is 17.0 Å². The summed E-state index contributed by atoms with van der Waals surface area (Å²) in [5.74, 6) is 0.254. The van der Waals surface area contributed by atoms with E-state index in [-0.39, 0.29) is 18.7 Å². The highest BCUT2D eigenvalue weighted by atomic mass is 16.5. The van der Waals surface area contributed by atoms with Crippen LogP contribution in [0.2, 0.25) is 0 Å². The molecule has 0 saturated heterocycles. The van der Waals surface area contributed by atoms with E-state index >= 15 is 0 Å². The lowest BCUT2D eigenvalue weighted by atomic mass is 10.2. The molecule has 0 aliphatic heterocycles. The highest BCUT2D eigenvalue weighted by Gasteiger charge is 2.10. The van der Waals surface area contributed by atoms with Crippen LogP contribution in [-0.2, 0) is 22.7 Å². The SMILES string of the molecule is COc1ccc(COC(=O)Cn2c(=O)cnc3ccccc32)cc1. The molecular formula is C18H16N2O4. The van der Waals surface area contributed by atoms with Crippen LogP contribution in [0.1, 0.15) is 5.56 Å². The molecule has 122 valence electrons. The predicted octanol–water partition coefficient (Wildman–Crippen LogP) is 2.15. The minimum Gasteiger partial charge on any atom is -0.497 e. The number of rotatable bonds is 5. The van der Waals surface area contributed by atoms with Gasteiger partial charge in [-0.1, -0.05) is 24.3 Å². The molecule has 24 heavy (non-hydrogen) atoms. The van der Waals surface area contributed by atoms with E-state index in [4.69, 9.17) is 9.47 Å². The standard InChI is InChI=1S/C18H16N2O4/c1-23-14-8-6-13(7-9-14)12-24-18(22)11-20-16-5-3-2-4-15(16)19-10-17(20)21/h2-10H,11-12H2,1H3. The Morgan fingerprint density at radius 1 is 1.12 bits per heavy atom. The van der Waals surface area contributed by atoms with Gasteiger partial charge in [-0.3, -0.25) is 14.2 Å². The first kappa shape index (κ1) is 15.7. The van der Waals surface area contributed by atoms with Crippen LogP contribution in [0.15, 0.2) is 59.5 Å². The van der Waals surface area contributed by atoms with E-state index in [9.17, 15) is 9.59 Å². The number of hydrogen-bond acceptors (Lipinski definition) is 5. The average Bonchev–Trinajstić information content (AvgIpc) is 2.63. The summed E-state index contributed by atoms with van der Waals surface area (Å²) in [5.41, 5.74) is 1.76. The van der Waals surface area contributed by atoms with E-state index in [1.807, 2.05) is 18.2 Å². The number of hydrogen-bond donors (Lipinski definition) is 0. The van der Waals surface area contributed by atoms with Crippen molar-refractivity contribution in [3.8, 4) is 5.75 Å². The molecule has 6 heteroatoms. The Labute approximate surface area is 138 Å². The number of carbonyl (C=O) groups excluding carboxylic acids is 1. The Bertz CT molecular complexity index is 916. The molecule has 2 aromatic carbocycles. The topological polar surface area (TPSA) is 70.4 Å². The van der Waals surface area contributed by atoms with Crippen molar-refractivity contribution in [3.63, 3.8) is 0 Å². The normalized spacial score (nSPS) is 10.5. The maximum atomic E-state index is 12.1. The number of nitrogens with zero attached hydrogens (tertiary/aromatic N) is 2. The Morgan fingerprint density at radius 3 is 2.62 bits per heavy atom. The van der Waals surface area contributed by atoms with E-state index in [1.165, 1.54) is 10.8 Å². The van der Waals surface area contributed by atoms with E-state index in [1.54, 1.807) is 37.4 Å². The van der Waals surface area contributed by atoms with E-state index in [0.29, 0.717) is 11.0 Å². The fraction of sp³-hybridized carbons (Fsp3) is 0.167. The van der Waals surface area contributed by atoms with Gasteiger partial charge in [-0.15, -0.1) is 0 Å². The zero-order chi connectivity index (χ0) is 16.9. The van der Waals surface area contributed by atoms with Gasteiger partial charge in [0.15, 0.2) is 0 Å². The van der Waals surface area contributed by atoms with Gasteiger partial charge in [0, 0.05) is 0 Å². The summed E-state index contributed by atoms with van der Waals surface area (Å²) in [5, 5.41) is 0. The van der Waals surface area contributed by atoms with E-state index in [2.05, 4.69) is 4.98 Å². The number of para-hydroxylation sites is 2. The molecular weight excluding hydrogens is 308 g/mol. The van der Waals surface area contributed by atoms with Crippen molar-refractivity contribution in [3.05, 3.63) is 70.6 Å². The predicted molar refractivity (Wildman–Crippen MR) is 88.8 cm³/mol. The van der Waals surface area contributed by atoms with Crippen LogP contribution in [-0.4, -0.2) is 22.6 Å². The summed E-state index contributed by atoms with van der Waals surface area (Å²) in [7, 11) is 1.59. The van der Waals surface area contributed by atoms with Crippen LogP contribution < -0.4 is 10.3 Å². The van der Waals surface area contributed by atoms with E-state index < -0.39 is 5.97 Å². The maximum Gasteiger partial charge on any atom is 0.326 e. The third-order valence-electron chi connectivity index (χ3n) is 3.60. The van der Waals surface area contributed by atoms with Crippen molar-refractivity contribution in [1.29, 1.82) is 0 Å². The van der Waals surface area contributed by atoms with Crippen molar-refractivity contribution in [2.45, 2.75) is 13.2 Å².